The lowest BCUT2D eigenvalue weighted by molar-refractivity contribution is -0.120. The molecule has 0 saturated carbocycles. The molecular formula is C26H27ClN2O2. The largest absolute Gasteiger partial charge is 0.488 e. The van der Waals surface area contributed by atoms with E-state index in [1.165, 1.54) is 5.56 Å². The summed E-state index contributed by atoms with van der Waals surface area (Å²) in [4.78, 5) is 12.2. The minimum Gasteiger partial charge on any atom is -0.488 e. The summed E-state index contributed by atoms with van der Waals surface area (Å²) in [5, 5.41) is 4.76. The molecule has 0 aliphatic heterocycles. The molecule has 0 atom stereocenters. The first-order chi connectivity index (χ1) is 14.8. The molecule has 0 aliphatic rings. The SMILES string of the molecule is CC(C)(C)c1ccc(CC(=O)N/N=C\c2ccccc2OCc2ccccc2Cl)cc1. The van der Waals surface area contributed by atoms with Gasteiger partial charge >= 0.3 is 0 Å². The molecule has 4 nitrogen and oxygen atoms in total. The molecule has 0 spiro atoms. The van der Waals surface area contributed by atoms with Crippen LogP contribution in [0.4, 0.5) is 0 Å². The maximum absolute atomic E-state index is 12.2. The Balaban J connectivity index is 1.57. The molecule has 0 radical (unpaired) electrons. The van der Waals surface area contributed by atoms with Crippen molar-refractivity contribution in [2.45, 2.75) is 39.2 Å². The number of hydrogen-bond donors (Lipinski definition) is 1. The van der Waals surface area contributed by atoms with Gasteiger partial charge in [0.05, 0.1) is 12.6 Å². The first kappa shape index (κ1) is 22.6. The lowest BCUT2D eigenvalue weighted by atomic mass is 9.86. The predicted molar refractivity (Wildman–Crippen MR) is 127 cm³/mol. The van der Waals surface area contributed by atoms with Gasteiger partial charge < -0.3 is 4.74 Å². The number of amides is 1. The summed E-state index contributed by atoms with van der Waals surface area (Å²) in [6.07, 6.45) is 1.86. The van der Waals surface area contributed by atoms with Gasteiger partial charge in [-0.25, -0.2) is 5.43 Å². The molecular weight excluding hydrogens is 408 g/mol. The fourth-order valence-corrected chi connectivity index (χ4v) is 3.20. The van der Waals surface area contributed by atoms with Gasteiger partial charge in [0.25, 0.3) is 0 Å². The number of nitrogens with zero attached hydrogens (tertiary/aromatic N) is 1. The van der Waals surface area contributed by atoms with Gasteiger partial charge in [0.2, 0.25) is 5.91 Å². The Labute approximate surface area is 188 Å². The zero-order valence-corrected chi connectivity index (χ0v) is 18.8. The zero-order chi connectivity index (χ0) is 22.3. The average Bonchev–Trinajstić information content (AvgIpc) is 2.74. The first-order valence-electron chi connectivity index (χ1n) is 10.2. The van der Waals surface area contributed by atoms with Crippen LogP contribution in [-0.4, -0.2) is 12.1 Å². The fourth-order valence-electron chi connectivity index (χ4n) is 3.01. The minimum atomic E-state index is -0.172. The third-order valence-electron chi connectivity index (χ3n) is 4.84. The van der Waals surface area contributed by atoms with Crippen LogP contribution in [-0.2, 0) is 23.2 Å². The summed E-state index contributed by atoms with van der Waals surface area (Å²) < 4.78 is 5.91. The molecule has 1 amide bonds. The maximum Gasteiger partial charge on any atom is 0.244 e. The maximum atomic E-state index is 12.2. The predicted octanol–water partition coefficient (Wildman–Crippen LogP) is 5.91. The number of ether oxygens (including phenoxy) is 1. The van der Waals surface area contributed by atoms with Crippen LogP contribution in [0.3, 0.4) is 0 Å². The molecule has 3 rings (SSSR count). The van der Waals surface area contributed by atoms with Gasteiger partial charge in [-0.1, -0.05) is 87.0 Å². The van der Waals surface area contributed by atoms with Crippen LogP contribution in [0.5, 0.6) is 5.75 Å². The van der Waals surface area contributed by atoms with Gasteiger partial charge in [-0.15, -0.1) is 0 Å². The summed E-state index contributed by atoms with van der Waals surface area (Å²) in [6, 6.07) is 23.2. The van der Waals surface area contributed by atoms with Crippen LogP contribution >= 0.6 is 11.6 Å². The molecule has 0 aromatic heterocycles. The molecule has 5 heteroatoms. The highest BCUT2D eigenvalue weighted by molar-refractivity contribution is 6.31. The smallest absolute Gasteiger partial charge is 0.244 e. The zero-order valence-electron chi connectivity index (χ0n) is 18.1. The number of halogens is 1. The standard InChI is InChI=1S/C26H27ClN2O2/c1-26(2,3)22-14-12-19(13-15-22)16-25(30)29-28-17-20-8-5-7-11-24(20)31-18-21-9-4-6-10-23(21)27/h4-15,17H,16,18H2,1-3H3,(H,29,30)/b28-17-. The third-order valence-corrected chi connectivity index (χ3v) is 5.21. The Hall–Kier alpha value is -3.11. The highest BCUT2D eigenvalue weighted by Crippen LogP contribution is 2.23. The lowest BCUT2D eigenvalue weighted by Crippen LogP contribution is -2.20. The van der Waals surface area contributed by atoms with E-state index >= 15 is 0 Å². The van der Waals surface area contributed by atoms with Crippen molar-refractivity contribution in [3.8, 4) is 5.75 Å². The van der Waals surface area contributed by atoms with E-state index < -0.39 is 0 Å². The molecule has 3 aromatic rings. The van der Waals surface area contributed by atoms with Crippen LogP contribution in [0.1, 0.15) is 43.0 Å². The van der Waals surface area contributed by atoms with Crippen molar-refractivity contribution in [1.29, 1.82) is 0 Å². The van der Waals surface area contributed by atoms with Gasteiger partial charge in [-0.3, -0.25) is 4.79 Å². The number of nitrogens with one attached hydrogen (secondary N) is 1. The average molecular weight is 435 g/mol. The molecule has 0 bridgehead atoms. The second-order valence-electron chi connectivity index (χ2n) is 8.33. The number of hydrazone groups is 1. The van der Waals surface area contributed by atoms with Crippen molar-refractivity contribution in [3.63, 3.8) is 0 Å². The Morgan fingerprint density at radius 1 is 1.00 bits per heavy atom. The molecule has 31 heavy (non-hydrogen) atoms. The second-order valence-corrected chi connectivity index (χ2v) is 8.74. The Morgan fingerprint density at radius 2 is 1.68 bits per heavy atom. The minimum absolute atomic E-state index is 0.0897. The summed E-state index contributed by atoms with van der Waals surface area (Å²) in [5.41, 5.74) is 6.54. The fraction of sp³-hybridized carbons (Fsp3) is 0.231. The first-order valence-corrected chi connectivity index (χ1v) is 10.6. The molecule has 3 aromatic carbocycles. The molecule has 0 heterocycles. The highest BCUT2D eigenvalue weighted by atomic mass is 35.5. The van der Waals surface area contributed by atoms with E-state index in [0.717, 1.165) is 16.7 Å². The number of benzene rings is 3. The topological polar surface area (TPSA) is 50.7 Å². The molecule has 0 fully saturated rings. The van der Waals surface area contributed by atoms with Crippen LogP contribution in [0, 0.1) is 0 Å². The Morgan fingerprint density at radius 3 is 2.39 bits per heavy atom. The number of rotatable bonds is 7. The number of carbonyl (C=O) groups excluding carboxylic acids is 1. The summed E-state index contributed by atoms with van der Waals surface area (Å²) >= 11 is 6.19. The molecule has 0 saturated heterocycles. The van der Waals surface area contributed by atoms with Crippen molar-refractivity contribution in [3.05, 3.63) is 100 Å². The molecule has 1 N–H and O–H groups in total. The van der Waals surface area contributed by atoms with E-state index in [9.17, 15) is 4.79 Å². The van der Waals surface area contributed by atoms with E-state index in [0.29, 0.717) is 17.4 Å². The van der Waals surface area contributed by atoms with Gasteiger partial charge in [0.1, 0.15) is 12.4 Å². The van der Waals surface area contributed by atoms with Crippen LogP contribution in [0.25, 0.3) is 0 Å². The van der Waals surface area contributed by atoms with Crippen molar-refractivity contribution in [1.82, 2.24) is 5.43 Å². The van der Waals surface area contributed by atoms with Gasteiger partial charge in [0, 0.05) is 16.1 Å². The monoisotopic (exact) mass is 434 g/mol. The molecule has 0 aliphatic carbocycles. The van der Waals surface area contributed by atoms with Gasteiger partial charge in [-0.2, -0.15) is 5.10 Å². The van der Waals surface area contributed by atoms with Crippen molar-refractivity contribution in [2.24, 2.45) is 5.10 Å². The van der Waals surface area contributed by atoms with E-state index in [1.807, 2.05) is 60.7 Å². The van der Waals surface area contributed by atoms with Crippen LogP contribution in [0.15, 0.2) is 77.9 Å². The van der Waals surface area contributed by atoms with Gasteiger partial charge in [-0.05, 0) is 34.7 Å². The lowest BCUT2D eigenvalue weighted by Gasteiger charge is -2.19. The van der Waals surface area contributed by atoms with Crippen LogP contribution in [0.2, 0.25) is 5.02 Å². The highest BCUT2D eigenvalue weighted by Gasteiger charge is 2.13. The van der Waals surface area contributed by atoms with Crippen LogP contribution < -0.4 is 10.2 Å². The summed E-state index contributed by atoms with van der Waals surface area (Å²) in [7, 11) is 0. The molecule has 160 valence electrons. The third kappa shape index (κ3) is 6.69. The Bertz CT molecular complexity index is 1050. The number of carbonyl (C=O) groups is 1. The van der Waals surface area contributed by atoms with E-state index in [2.05, 4.69) is 43.4 Å². The second kappa shape index (κ2) is 10.3. The normalized spacial score (nSPS) is 11.5. The number of hydrogen-bond acceptors (Lipinski definition) is 3. The Kier molecular flexibility index (Phi) is 7.48. The molecule has 0 unspecified atom stereocenters. The van der Waals surface area contributed by atoms with Gasteiger partial charge in [0.15, 0.2) is 0 Å². The van der Waals surface area contributed by atoms with Crippen molar-refractivity contribution in [2.75, 3.05) is 0 Å². The number of para-hydroxylation sites is 1. The van der Waals surface area contributed by atoms with E-state index in [-0.39, 0.29) is 17.7 Å². The van der Waals surface area contributed by atoms with E-state index in [1.54, 1.807) is 6.21 Å². The van der Waals surface area contributed by atoms with E-state index in [4.69, 9.17) is 16.3 Å². The van der Waals surface area contributed by atoms with Crippen molar-refractivity contribution < 1.29 is 9.53 Å². The summed E-state index contributed by atoms with van der Waals surface area (Å²) in [5.74, 6) is 0.493. The van der Waals surface area contributed by atoms with Crippen molar-refractivity contribution >= 4 is 23.7 Å². The quantitative estimate of drug-likeness (QED) is 0.371. The summed E-state index contributed by atoms with van der Waals surface area (Å²) in [6.45, 7) is 6.85.